The van der Waals surface area contributed by atoms with Crippen molar-refractivity contribution in [2.75, 3.05) is 5.32 Å². The average molecular weight is 608 g/mol. The highest BCUT2D eigenvalue weighted by Gasteiger charge is 2.37. The van der Waals surface area contributed by atoms with Gasteiger partial charge in [0.05, 0.1) is 16.4 Å². The Balaban J connectivity index is 1.73. The molecule has 0 radical (unpaired) electrons. The van der Waals surface area contributed by atoms with Gasteiger partial charge < -0.3 is 10.1 Å². The lowest BCUT2D eigenvalue weighted by Gasteiger charge is -2.15. The molecule has 0 unspecified atom stereocenters. The second-order valence-electron chi connectivity index (χ2n) is 7.31. The van der Waals surface area contributed by atoms with Crippen LogP contribution in [0.4, 0.5) is 27.6 Å². The molecular weight excluding hydrogens is 595 g/mol. The van der Waals surface area contributed by atoms with Crippen LogP contribution in [0.15, 0.2) is 41.0 Å². The van der Waals surface area contributed by atoms with Gasteiger partial charge in [0.2, 0.25) is 0 Å². The van der Waals surface area contributed by atoms with E-state index in [0.717, 1.165) is 4.68 Å². The minimum absolute atomic E-state index is 0.0275. The Morgan fingerprint density at radius 1 is 1.24 bits per heavy atom. The maximum absolute atomic E-state index is 13.3. The van der Waals surface area contributed by atoms with Crippen LogP contribution < -0.4 is 10.1 Å². The summed E-state index contributed by atoms with van der Waals surface area (Å²) in [5.41, 5.74) is 0.237. The summed E-state index contributed by atoms with van der Waals surface area (Å²) >= 11 is 9.40. The van der Waals surface area contributed by atoms with E-state index in [2.05, 4.69) is 51.5 Å². The molecule has 0 aliphatic carbocycles. The topological polar surface area (TPSA) is 113 Å². The molecule has 194 valence electrons. The van der Waals surface area contributed by atoms with Crippen molar-refractivity contribution in [1.29, 1.82) is 0 Å². The summed E-state index contributed by atoms with van der Waals surface area (Å²) < 4.78 is 70.4. The highest BCUT2D eigenvalue weighted by Crippen LogP contribution is 2.34. The summed E-state index contributed by atoms with van der Waals surface area (Å²) in [5.74, 6) is -2.55. The zero-order valence-electron chi connectivity index (χ0n) is 18.3. The summed E-state index contributed by atoms with van der Waals surface area (Å²) in [6.07, 6.45) is -3.42. The number of carbonyl (C=O) groups excluding carboxylic acids is 1. The number of nitrogens with one attached hydrogen (secondary N) is 1. The second-order valence-corrected chi connectivity index (χ2v) is 8.63. The lowest BCUT2D eigenvalue weighted by atomic mass is 10.1. The van der Waals surface area contributed by atoms with Crippen molar-refractivity contribution in [3.05, 3.63) is 68.8 Å². The fourth-order valence-corrected chi connectivity index (χ4v) is 3.92. The molecular formula is C20H13BrClF5N8O2. The first-order valence-electron chi connectivity index (χ1n) is 10.0. The third kappa shape index (κ3) is 6.02. The van der Waals surface area contributed by atoms with Crippen molar-refractivity contribution >= 4 is 39.1 Å². The van der Waals surface area contributed by atoms with Crippen molar-refractivity contribution < 1.29 is 31.5 Å². The smallest absolute Gasteiger partial charge is 0.433 e. The molecule has 4 rings (SSSR count). The van der Waals surface area contributed by atoms with Crippen molar-refractivity contribution in [3.63, 3.8) is 0 Å². The van der Waals surface area contributed by atoms with E-state index >= 15 is 0 Å². The molecule has 0 aliphatic rings. The molecule has 0 aliphatic heterocycles. The third-order valence-corrected chi connectivity index (χ3v) is 5.41. The Bertz CT molecular complexity index is 1460. The molecule has 17 heteroatoms. The zero-order valence-corrected chi connectivity index (χ0v) is 20.7. The molecule has 1 amide bonds. The van der Waals surface area contributed by atoms with Gasteiger partial charge in [0.15, 0.2) is 11.6 Å². The van der Waals surface area contributed by atoms with E-state index in [-0.39, 0.29) is 33.7 Å². The summed E-state index contributed by atoms with van der Waals surface area (Å²) in [5, 5.41) is 16.4. The van der Waals surface area contributed by atoms with Gasteiger partial charge in [0, 0.05) is 10.7 Å². The summed E-state index contributed by atoms with van der Waals surface area (Å²) in [4.78, 5) is 18.0. The quantitative estimate of drug-likeness (QED) is 0.298. The Morgan fingerprint density at radius 3 is 2.65 bits per heavy atom. The average Bonchev–Trinajstić information content (AvgIpc) is 3.43. The van der Waals surface area contributed by atoms with E-state index in [1.165, 1.54) is 30.5 Å². The molecule has 4 aromatic rings. The van der Waals surface area contributed by atoms with E-state index in [1.807, 2.05) is 0 Å². The van der Waals surface area contributed by atoms with Crippen LogP contribution in [0.3, 0.4) is 0 Å². The van der Waals surface area contributed by atoms with Gasteiger partial charge in [0.1, 0.15) is 12.2 Å². The number of aromatic nitrogens is 7. The van der Waals surface area contributed by atoms with Crippen LogP contribution in [-0.2, 0) is 12.7 Å². The molecule has 1 N–H and O–H groups in total. The van der Waals surface area contributed by atoms with E-state index in [1.54, 1.807) is 13.0 Å². The van der Waals surface area contributed by atoms with Gasteiger partial charge in [-0.15, -0.1) is 10.2 Å². The number of tetrazole rings is 1. The van der Waals surface area contributed by atoms with Gasteiger partial charge in [0.25, 0.3) is 11.7 Å². The SMILES string of the molecule is Cc1cc(Br)cc(OC(F)F)c1NC(=O)c1cc(Cn2nnc(C(F)(F)F)n2)nn1-c1ncccc1Cl. The first kappa shape index (κ1) is 26.4. The van der Waals surface area contributed by atoms with Gasteiger partial charge >= 0.3 is 12.8 Å². The number of hydrogen-bond donors (Lipinski definition) is 1. The van der Waals surface area contributed by atoms with Crippen LogP contribution in [0, 0.1) is 6.92 Å². The molecule has 10 nitrogen and oxygen atoms in total. The number of benzene rings is 1. The lowest BCUT2D eigenvalue weighted by molar-refractivity contribution is -0.145. The Morgan fingerprint density at radius 2 is 2.00 bits per heavy atom. The van der Waals surface area contributed by atoms with Crippen molar-refractivity contribution in [2.24, 2.45) is 0 Å². The van der Waals surface area contributed by atoms with Gasteiger partial charge in [-0.3, -0.25) is 4.79 Å². The summed E-state index contributed by atoms with van der Waals surface area (Å²) in [6.45, 7) is -1.99. The van der Waals surface area contributed by atoms with E-state index < -0.39 is 31.1 Å². The number of ether oxygens (including phenoxy) is 1. The van der Waals surface area contributed by atoms with Gasteiger partial charge in [-0.25, -0.2) is 9.67 Å². The maximum Gasteiger partial charge on any atom is 0.455 e. The van der Waals surface area contributed by atoms with Gasteiger partial charge in [-0.1, -0.05) is 27.5 Å². The molecule has 0 saturated carbocycles. The van der Waals surface area contributed by atoms with Crippen LogP contribution in [-0.4, -0.2) is 47.5 Å². The standard InChI is InChI=1S/C20H13BrClF5N8O2/c1-9-5-10(21)6-14(37-19(23)24)15(9)29-17(36)13-7-11(8-34-32-18(30-33-34)20(25,26)27)31-35(13)16-12(22)3-2-4-28-16/h2-7,19H,8H2,1H3,(H,29,36). The highest BCUT2D eigenvalue weighted by atomic mass is 79.9. The maximum atomic E-state index is 13.3. The summed E-state index contributed by atoms with van der Waals surface area (Å²) in [7, 11) is 0. The molecule has 0 fully saturated rings. The van der Waals surface area contributed by atoms with E-state index in [0.29, 0.717) is 14.8 Å². The molecule has 0 spiro atoms. The number of pyridine rings is 1. The molecule has 3 heterocycles. The predicted molar refractivity (Wildman–Crippen MR) is 122 cm³/mol. The van der Waals surface area contributed by atoms with Crippen LogP contribution in [0.5, 0.6) is 5.75 Å². The van der Waals surface area contributed by atoms with E-state index in [4.69, 9.17) is 11.6 Å². The van der Waals surface area contributed by atoms with Gasteiger partial charge in [-0.05, 0) is 48.0 Å². The Labute approximate surface area is 217 Å². The molecule has 0 bridgehead atoms. The minimum Gasteiger partial charge on any atom is -0.433 e. The number of anilines is 1. The molecule has 0 saturated heterocycles. The largest absolute Gasteiger partial charge is 0.455 e. The second kappa shape index (κ2) is 10.4. The number of nitrogens with zero attached hydrogens (tertiary/aromatic N) is 7. The van der Waals surface area contributed by atoms with Crippen molar-refractivity contribution in [2.45, 2.75) is 26.3 Å². The number of aryl methyl sites for hydroxylation is 1. The fourth-order valence-electron chi connectivity index (χ4n) is 3.17. The third-order valence-electron chi connectivity index (χ3n) is 4.66. The summed E-state index contributed by atoms with van der Waals surface area (Å²) in [6, 6.07) is 7.07. The monoisotopic (exact) mass is 606 g/mol. The predicted octanol–water partition coefficient (Wildman–Crippen LogP) is 4.90. The molecule has 3 aromatic heterocycles. The number of rotatable bonds is 7. The van der Waals surface area contributed by atoms with Crippen LogP contribution >= 0.6 is 27.5 Å². The number of alkyl halides is 5. The van der Waals surface area contributed by atoms with Crippen LogP contribution in [0.2, 0.25) is 5.02 Å². The van der Waals surface area contributed by atoms with Crippen LogP contribution in [0.1, 0.15) is 27.6 Å². The number of hydrogen-bond acceptors (Lipinski definition) is 7. The number of amides is 1. The Hall–Kier alpha value is -3.66. The number of halogens is 7. The lowest BCUT2D eigenvalue weighted by Crippen LogP contribution is -2.19. The normalized spacial score (nSPS) is 11.7. The molecule has 0 atom stereocenters. The number of carbonyl (C=O) groups is 1. The zero-order chi connectivity index (χ0) is 26.9. The van der Waals surface area contributed by atoms with Crippen molar-refractivity contribution in [3.8, 4) is 11.6 Å². The van der Waals surface area contributed by atoms with E-state index in [9.17, 15) is 26.7 Å². The first-order valence-corrected chi connectivity index (χ1v) is 11.2. The van der Waals surface area contributed by atoms with Crippen LogP contribution in [0.25, 0.3) is 5.82 Å². The van der Waals surface area contributed by atoms with Gasteiger partial charge in [-0.2, -0.15) is 31.8 Å². The molecule has 1 aromatic carbocycles. The minimum atomic E-state index is -4.80. The molecule has 37 heavy (non-hydrogen) atoms. The highest BCUT2D eigenvalue weighted by molar-refractivity contribution is 9.10. The van der Waals surface area contributed by atoms with Crippen molar-refractivity contribution in [1.82, 2.24) is 35.0 Å². The fraction of sp³-hybridized carbons (Fsp3) is 0.200. The first-order chi connectivity index (χ1) is 17.4. The Kier molecular flexibility index (Phi) is 7.40.